The van der Waals surface area contributed by atoms with Gasteiger partial charge in [-0.2, -0.15) is 5.10 Å². The third-order valence-electron chi connectivity index (χ3n) is 3.39. The maximum atomic E-state index is 11.8. The summed E-state index contributed by atoms with van der Waals surface area (Å²) in [7, 11) is 1.87. The van der Waals surface area contributed by atoms with E-state index in [1.165, 1.54) is 0 Å². The zero-order valence-electron chi connectivity index (χ0n) is 10.8. The first-order chi connectivity index (χ1) is 8.65. The molecule has 100 valence electrons. The first-order valence-electron chi connectivity index (χ1n) is 6.36. The van der Waals surface area contributed by atoms with Gasteiger partial charge < -0.3 is 11.1 Å². The van der Waals surface area contributed by atoms with E-state index in [-0.39, 0.29) is 5.91 Å². The van der Waals surface area contributed by atoms with E-state index in [0.29, 0.717) is 19.1 Å². The van der Waals surface area contributed by atoms with Gasteiger partial charge >= 0.3 is 0 Å². The summed E-state index contributed by atoms with van der Waals surface area (Å²) in [6.07, 6.45) is 3.69. The number of carbonyl (C=O) groups excluding carboxylic acids is 1. The number of hydrogen-bond acceptors (Lipinski definition) is 4. The highest BCUT2D eigenvalue weighted by Gasteiger charge is 2.18. The maximum Gasteiger partial charge on any atom is 0.234 e. The van der Waals surface area contributed by atoms with E-state index < -0.39 is 0 Å². The number of nitrogens with two attached hydrogens (primary N) is 1. The van der Waals surface area contributed by atoms with E-state index in [1.807, 2.05) is 13.1 Å². The Kier molecular flexibility index (Phi) is 4.33. The van der Waals surface area contributed by atoms with Gasteiger partial charge in [0.15, 0.2) is 0 Å². The summed E-state index contributed by atoms with van der Waals surface area (Å²) < 4.78 is 1.76. The summed E-state index contributed by atoms with van der Waals surface area (Å²) >= 11 is 0. The van der Waals surface area contributed by atoms with Gasteiger partial charge in [0.2, 0.25) is 5.91 Å². The van der Waals surface area contributed by atoms with Gasteiger partial charge in [0, 0.05) is 32.4 Å². The predicted octanol–water partition coefficient (Wildman–Crippen LogP) is -0.541. The van der Waals surface area contributed by atoms with Crippen LogP contribution >= 0.6 is 0 Å². The molecule has 0 spiro atoms. The summed E-state index contributed by atoms with van der Waals surface area (Å²) in [5, 5.41) is 6.97. The van der Waals surface area contributed by atoms with Crippen LogP contribution < -0.4 is 11.1 Å². The summed E-state index contributed by atoms with van der Waals surface area (Å²) in [6.45, 7) is 2.83. The van der Waals surface area contributed by atoms with Crippen LogP contribution in [0, 0.1) is 0 Å². The molecule has 2 rings (SSSR count). The van der Waals surface area contributed by atoms with Crippen molar-refractivity contribution >= 4 is 5.91 Å². The molecule has 0 bridgehead atoms. The van der Waals surface area contributed by atoms with Gasteiger partial charge in [-0.15, -0.1) is 0 Å². The molecule has 0 atom stereocenters. The van der Waals surface area contributed by atoms with Crippen LogP contribution in [-0.2, 0) is 18.4 Å². The molecule has 1 amide bonds. The lowest BCUT2D eigenvalue weighted by Gasteiger charge is -2.29. The molecule has 6 heteroatoms. The fourth-order valence-corrected chi connectivity index (χ4v) is 2.13. The van der Waals surface area contributed by atoms with E-state index in [9.17, 15) is 4.79 Å². The van der Waals surface area contributed by atoms with Gasteiger partial charge in [-0.05, 0) is 18.9 Å². The van der Waals surface area contributed by atoms with Gasteiger partial charge in [-0.1, -0.05) is 0 Å². The van der Waals surface area contributed by atoms with Crippen molar-refractivity contribution in [2.24, 2.45) is 12.8 Å². The van der Waals surface area contributed by atoms with Crippen molar-refractivity contribution in [3.63, 3.8) is 0 Å². The zero-order chi connectivity index (χ0) is 13.0. The highest BCUT2D eigenvalue weighted by Crippen LogP contribution is 2.07. The molecule has 3 N–H and O–H groups in total. The Hall–Kier alpha value is -1.40. The quantitative estimate of drug-likeness (QED) is 0.753. The van der Waals surface area contributed by atoms with Gasteiger partial charge in [0.1, 0.15) is 0 Å². The Morgan fingerprint density at radius 2 is 2.28 bits per heavy atom. The molecule has 1 aromatic rings. The summed E-state index contributed by atoms with van der Waals surface area (Å²) in [4.78, 5) is 13.9. The molecule has 0 radical (unpaired) electrons. The maximum absolute atomic E-state index is 11.8. The summed E-state index contributed by atoms with van der Waals surface area (Å²) in [6, 6.07) is 2.21. The smallest absolute Gasteiger partial charge is 0.234 e. The molecule has 1 aliphatic heterocycles. The van der Waals surface area contributed by atoms with E-state index in [0.717, 1.165) is 31.6 Å². The van der Waals surface area contributed by atoms with Crippen molar-refractivity contribution in [2.75, 3.05) is 19.6 Å². The second-order valence-electron chi connectivity index (χ2n) is 4.84. The normalized spacial score (nSPS) is 17.9. The molecule has 18 heavy (non-hydrogen) atoms. The molecule has 1 aliphatic rings. The van der Waals surface area contributed by atoms with Crippen molar-refractivity contribution in [3.05, 3.63) is 18.0 Å². The molecule has 1 fully saturated rings. The third kappa shape index (κ3) is 3.54. The first-order valence-corrected chi connectivity index (χ1v) is 6.36. The molecule has 1 saturated heterocycles. The average molecular weight is 251 g/mol. The van der Waals surface area contributed by atoms with Crippen LogP contribution in [0.3, 0.4) is 0 Å². The van der Waals surface area contributed by atoms with Gasteiger partial charge in [0.05, 0.1) is 18.8 Å². The van der Waals surface area contributed by atoms with E-state index in [4.69, 9.17) is 5.73 Å². The molecule has 6 nitrogen and oxygen atoms in total. The third-order valence-corrected chi connectivity index (χ3v) is 3.39. The Balaban J connectivity index is 1.71. The molecular formula is C12H21N5O. The Morgan fingerprint density at radius 3 is 2.89 bits per heavy atom. The van der Waals surface area contributed by atoms with Crippen LogP contribution in [0.4, 0.5) is 0 Å². The van der Waals surface area contributed by atoms with E-state index in [1.54, 1.807) is 10.9 Å². The number of aryl methyl sites for hydroxylation is 1. The van der Waals surface area contributed by atoms with Crippen molar-refractivity contribution in [1.29, 1.82) is 0 Å². The van der Waals surface area contributed by atoms with Crippen LogP contribution in [0.1, 0.15) is 18.5 Å². The molecule has 0 aliphatic carbocycles. The molecule has 0 saturated carbocycles. The standard InChI is InChI=1S/C12H21N5O/c1-16-11(2-5-15-16)8-14-12(18)9-17-6-3-10(13)4-7-17/h2,5,10H,3-4,6-9,13H2,1H3,(H,14,18). The monoisotopic (exact) mass is 251 g/mol. The summed E-state index contributed by atoms with van der Waals surface area (Å²) in [5.74, 6) is 0.0617. The molecular weight excluding hydrogens is 230 g/mol. The van der Waals surface area contributed by atoms with Crippen LogP contribution in [-0.4, -0.2) is 46.3 Å². The number of likely N-dealkylation sites (tertiary alicyclic amines) is 1. The highest BCUT2D eigenvalue weighted by molar-refractivity contribution is 5.77. The van der Waals surface area contributed by atoms with Crippen LogP contribution in [0.2, 0.25) is 0 Å². The van der Waals surface area contributed by atoms with Crippen molar-refractivity contribution < 1.29 is 4.79 Å². The molecule has 1 aromatic heterocycles. The number of carbonyl (C=O) groups is 1. The van der Waals surface area contributed by atoms with Crippen LogP contribution in [0.25, 0.3) is 0 Å². The van der Waals surface area contributed by atoms with Gasteiger partial charge in [0.25, 0.3) is 0 Å². The van der Waals surface area contributed by atoms with E-state index >= 15 is 0 Å². The number of hydrogen-bond donors (Lipinski definition) is 2. The van der Waals surface area contributed by atoms with Crippen molar-refractivity contribution in [3.8, 4) is 0 Å². The highest BCUT2D eigenvalue weighted by atomic mass is 16.2. The minimum Gasteiger partial charge on any atom is -0.349 e. The Morgan fingerprint density at radius 1 is 1.56 bits per heavy atom. The first kappa shape index (κ1) is 13.0. The number of rotatable bonds is 4. The van der Waals surface area contributed by atoms with Gasteiger partial charge in [-0.25, -0.2) is 0 Å². The van der Waals surface area contributed by atoms with Crippen molar-refractivity contribution in [2.45, 2.75) is 25.4 Å². The summed E-state index contributed by atoms with van der Waals surface area (Å²) in [5.41, 5.74) is 6.83. The van der Waals surface area contributed by atoms with E-state index in [2.05, 4.69) is 15.3 Å². The number of aromatic nitrogens is 2. The fraction of sp³-hybridized carbons (Fsp3) is 0.667. The Bertz CT molecular complexity index is 395. The lowest BCUT2D eigenvalue weighted by atomic mass is 10.1. The predicted molar refractivity (Wildman–Crippen MR) is 68.7 cm³/mol. The van der Waals surface area contributed by atoms with Crippen LogP contribution in [0.15, 0.2) is 12.3 Å². The average Bonchev–Trinajstić information content (AvgIpc) is 2.75. The molecule has 2 heterocycles. The lowest BCUT2D eigenvalue weighted by molar-refractivity contribution is -0.122. The second-order valence-corrected chi connectivity index (χ2v) is 4.84. The topological polar surface area (TPSA) is 76.2 Å². The number of nitrogens with one attached hydrogen (secondary N) is 1. The molecule has 0 unspecified atom stereocenters. The van der Waals surface area contributed by atoms with Crippen LogP contribution in [0.5, 0.6) is 0 Å². The zero-order valence-corrected chi connectivity index (χ0v) is 10.8. The minimum atomic E-state index is 0.0617. The minimum absolute atomic E-state index is 0.0617. The lowest BCUT2D eigenvalue weighted by Crippen LogP contribution is -2.44. The van der Waals surface area contributed by atoms with Crippen molar-refractivity contribution in [1.82, 2.24) is 20.0 Å². The second kappa shape index (κ2) is 5.97. The molecule has 0 aromatic carbocycles. The largest absolute Gasteiger partial charge is 0.349 e. The van der Waals surface area contributed by atoms with Gasteiger partial charge in [-0.3, -0.25) is 14.4 Å². The Labute approximate surface area is 107 Å². The number of amides is 1. The SMILES string of the molecule is Cn1nccc1CNC(=O)CN1CCC(N)CC1. The fourth-order valence-electron chi connectivity index (χ4n) is 2.13. The number of piperidine rings is 1. The number of nitrogens with zero attached hydrogens (tertiary/aromatic N) is 3.